The van der Waals surface area contributed by atoms with Crippen molar-refractivity contribution in [2.24, 2.45) is 11.8 Å². The molecule has 1 atom stereocenters. The van der Waals surface area contributed by atoms with Crippen molar-refractivity contribution in [3.63, 3.8) is 0 Å². The van der Waals surface area contributed by atoms with Crippen molar-refractivity contribution < 1.29 is 4.74 Å². The molecule has 0 aromatic carbocycles. The molecule has 0 aromatic rings. The fourth-order valence-corrected chi connectivity index (χ4v) is 3.21. The summed E-state index contributed by atoms with van der Waals surface area (Å²) in [6.07, 6.45) is 8.40. The van der Waals surface area contributed by atoms with Crippen molar-refractivity contribution in [2.75, 3.05) is 19.0 Å². The average Bonchev–Trinajstić information content (AvgIpc) is 2.65. The minimum absolute atomic E-state index is 0.901. The van der Waals surface area contributed by atoms with Crippen LogP contribution in [0.15, 0.2) is 0 Å². The van der Waals surface area contributed by atoms with Crippen LogP contribution in [0.1, 0.15) is 38.5 Å². The van der Waals surface area contributed by atoms with E-state index in [2.05, 4.69) is 15.9 Å². The average molecular weight is 249 g/mol. The number of hydrogen-bond donors (Lipinski definition) is 0. The van der Waals surface area contributed by atoms with Crippen LogP contribution in [-0.4, -0.2) is 19.0 Å². The molecular formula is C11H21BrO. The maximum absolute atomic E-state index is 5.08. The lowest BCUT2D eigenvalue weighted by atomic mass is 9.89. The van der Waals surface area contributed by atoms with Crippen molar-refractivity contribution in [1.29, 1.82) is 0 Å². The molecule has 2 heteroatoms. The number of methoxy groups -OCH3 is 1. The van der Waals surface area contributed by atoms with Gasteiger partial charge >= 0.3 is 0 Å². The predicted molar refractivity (Wildman–Crippen MR) is 60.4 cm³/mol. The van der Waals surface area contributed by atoms with E-state index in [0.717, 1.165) is 18.4 Å². The molecule has 0 radical (unpaired) electrons. The van der Waals surface area contributed by atoms with Crippen LogP contribution in [0.2, 0.25) is 0 Å². The van der Waals surface area contributed by atoms with E-state index >= 15 is 0 Å². The van der Waals surface area contributed by atoms with Gasteiger partial charge in [-0.2, -0.15) is 0 Å². The summed E-state index contributed by atoms with van der Waals surface area (Å²) in [6.45, 7) is 0.927. The Labute approximate surface area is 90.4 Å². The first-order chi connectivity index (χ1) is 6.38. The fraction of sp³-hybridized carbons (Fsp3) is 1.00. The van der Waals surface area contributed by atoms with E-state index in [0.29, 0.717) is 0 Å². The Balaban J connectivity index is 2.16. The minimum Gasteiger partial charge on any atom is -0.385 e. The molecule has 13 heavy (non-hydrogen) atoms. The van der Waals surface area contributed by atoms with Crippen LogP contribution in [-0.2, 0) is 4.74 Å². The van der Waals surface area contributed by atoms with Gasteiger partial charge in [0.2, 0.25) is 0 Å². The third-order valence-corrected chi connectivity index (χ3v) is 4.02. The van der Waals surface area contributed by atoms with Crippen molar-refractivity contribution in [1.82, 2.24) is 0 Å². The summed E-state index contributed by atoms with van der Waals surface area (Å²) in [4.78, 5) is 0. The van der Waals surface area contributed by atoms with Crippen LogP contribution in [0.3, 0.4) is 0 Å². The van der Waals surface area contributed by atoms with E-state index in [-0.39, 0.29) is 0 Å². The van der Waals surface area contributed by atoms with Crippen LogP contribution >= 0.6 is 15.9 Å². The predicted octanol–water partition coefficient (Wildman–Crippen LogP) is 3.61. The van der Waals surface area contributed by atoms with Gasteiger partial charge in [0, 0.05) is 19.0 Å². The topological polar surface area (TPSA) is 9.23 Å². The van der Waals surface area contributed by atoms with Crippen LogP contribution in [0.25, 0.3) is 0 Å². The molecule has 0 amide bonds. The zero-order valence-electron chi connectivity index (χ0n) is 8.60. The number of ether oxygens (including phenoxy) is 1. The smallest absolute Gasteiger partial charge is 0.0462 e. The lowest BCUT2D eigenvalue weighted by Crippen LogP contribution is -2.13. The highest BCUT2D eigenvalue weighted by atomic mass is 79.9. The summed E-state index contributed by atoms with van der Waals surface area (Å²) in [5.74, 6) is 1.90. The second kappa shape index (κ2) is 6.83. The second-order valence-corrected chi connectivity index (χ2v) is 4.74. The van der Waals surface area contributed by atoms with E-state index in [1.807, 2.05) is 0 Å². The van der Waals surface area contributed by atoms with Gasteiger partial charge in [-0.05, 0) is 24.7 Å². The van der Waals surface area contributed by atoms with E-state index in [4.69, 9.17) is 4.74 Å². The Hall–Kier alpha value is 0.440. The standard InChI is InChI=1S/C11H21BrO/c1-13-8-4-7-11(9-12)10-5-2-3-6-10/h10-11H,2-9H2,1H3. The summed E-state index contributed by atoms with van der Waals surface area (Å²) in [5, 5.41) is 1.18. The number of alkyl halides is 1. The lowest BCUT2D eigenvalue weighted by molar-refractivity contribution is 0.182. The molecule has 0 bridgehead atoms. The van der Waals surface area contributed by atoms with Gasteiger partial charge in [-0.25, -0.2) is 0 Å². The van der Waals surface area contributed by atoms with Gasteiger partial charge in [-0.3, -0.25) is 0 Å². The number of halogens is 1. The molecule has 0 aliphatic heterocycles. The molecule has 1 aliphatic rings. The maximum Gasteiger partial charge on any atom is 0.0462 e. The van der Waals surface area contributed by atoms with E-state index < -0.39 is 0 Å². The minimum atomic E-state index is 0.901. The zero-order chi connectivity index (χ0) is 9.52. The molecule has 1 unspecified atom stereocenters. The van der Waals surface area contributed by atoms with Gasteiger partial charge in [-0.1, -0.05) is 41.6 Å². The molecule has 1 aliphatic carbocycles. The Morgan fingerprint density at radius 3 is 2.62 bits per heavy atom. The molecule has 0 aromatic heterocycles. The molecule has 1 rings (SSSR count). The molecule has 0 heterocycles. The van der Waals surface area contributed by atoms with Gasteiger partial charge in [0.05, 0.1) is 0 Å². The Kier molecular flexibility index (Phi) is 6.05. The Morgan fingerprint density at radius 1 is 1.38 bits per heavy atom. The largest absolute Gasteiger partial charge is 0.385 e. The summed E-state index contributed by atoms with van der Waals surface area (Å²) in [5.41, 5.74) is 0. The third-order valence-electron chi connectivity index (χ3n) is 3.19. The SMILES string of the molecule is COCCCC(CBr)C1CCCC1. The van der Waals surface area contributed by atoms with Crippen molar-refractivity contribution in [3.05, 3.63) is 0 Å². The molecule has 1 saturated carbocycles. The molecule has 0 N–H and O–H groups in total. The van der Waals surface area contributed by atoms with Gasteiger partial charge < -0.3 is 4.74 Å². The molecule has 0 spiro atoms. The third kappa shape index (κ3) is 3.99. The van der Waals surface area contributed by atoms with Crippen LogP contribution in [0.5, 0.6) is 0 Å². The summed E-state index contributed by atoms with van der Waals surface area (Å²) < 4.78 is 5.08. The summed E-state index contributed by atoms with van der Waals surface area (Å²) in [7, 11) is 1.79. The number of hydrogen-bond acceptors (Lipinski definition) is 1. The van der Waals surface area contributed by atoms with Gasteiger partial charge in [0.1, 0.15) is 0 Å². The highest BCUT2D eigenvalue weighted by Gasteiger charge is 2.23. The van der Waals surface area contributed by atoms with Gasteiger partial charge in [0.25, 0.3) is 0 Å². The number of rotatable bonds is 6. The second-order valence-electron chi connectivity index (χ2n) is 4.09. The Bertz CT molecular complexity index is 121. The lowest BCUT2D eigenvalue weighted by Gasteiger charge is -2.20. The monoisotopic (exact) mass is 248 g/mol. The first-order valence-electron chi connectivity index (χ1n) is 5.43. The van der Waals surface area contributed by atoms with Crippen molar-refractivity contribution >= 4 is 15.9 Å². The maximum atomic E-state index is 5.08. The van der Waals surface area contributed by atoms with Crippen LogP contribution in [0.4, 0.5) is 0 Å². The van der Waals surface area contributed by atoms with Crippen LogP contribution < -0.4 is 0 Å². The first kappa shape index (κ1) is 11.5. The Morgan fingerprint density at radius 2 is 2.08 bits per heavy atom. The highest BCUT2D eigenvalue weighted by Crippen LogP contribution is 2.34. The van der Waals surface area contributed by atoms with Crippen LogP contribution in [0, 0.1) is 11.8 Å². The highest BCUT2D eigenvalue weighted by molar-refractivity contribution is 9.09. The summed E-state index contributed by atoms with van der Waals surface area (Å²) in [6, 6.07) is 0. The molecule has 1 fully saturated rings. The van der Waals surface area contributed by atoms with Crippen molar-refractivity contribution in [3.8, 4) is 0 Å². The van der Waals surface area contributed by atoms with E-state index in [1.54, 1.807) is 7.11 Å². The normalized spacial score (nSPS) is 20.8. The van der Waals surface area contributed by atoms with E-state index in [1.165, 1.54) is 43.9 Å². The van der Waals surface area contributed by atoms with Crippen molar-refractivity contribution in [2.45, 2.75) is 38.5 Å². The fourth-order valence-electron chi connectivity index (χ4n) is 2.36. The zero-order valence-corrected chi connectivity index (χ0v) is 10.2. The van der Waals surface area contributed by atoms with Gasteiger partial charge in [-0.15, -0.1) is 0 Å². The molecular weight excluding hydrogens is 228 g/mol. The van der Waals surface area contributed by atoms with E-state index in [9.17, 15) is 0 Å². The summed E-state index contributed by atoms with van der Waals surface area (Å²) >= 11 is 3.64. The molecule has 1 nitrogen and oxygen atoms in total. The van der Waals surface area contributed by atoms with Gasteiger partial charge in [0.15, 0.2) is 0 Å². The first-order valence-corrected chi connectivity index (χ1v) is 6.55. The molecule has 0 saturated heterocycles. The molecule has 78 valence electrons. The quantitative estimate of drug-likeness (QED) is 0.516.